The van der Waals surface area contributed by atoms with Crippen molar-refractivity contribution < 1.29 is 4.74 Å². The molecule has 0 aliphatic rings. The molecule has 0 radical (unpaired) electrons. The highest BCUT2D eigenvalue weighted by atomic mass is 35.5. The highest BCUT2D eigenvalue weighted by molar-refractivity contribution is 5.86. The van der Waals surface area contributed by atoms with Crippen molar-refractivity contribution in [1.29, 1.82) is 0 Å². The zero-order valence-electron chi connectivity index (χ0n) is 19.2. The van der Waals surface area contributed by atoms with Gasteiger partial charge in [0, 0.05) is 48.7 Å². The minimum absolute atomic E-state index is 0. The lowest BCUT2D eigenvalue weighted by molar-refractivity contribution is 0.304. The summed E-state index contributed by atoms with van der Waals surface area (Å²) in [6, 6.07) is 17.7. The Morgan fingerprint density at radius 2 is 1.71 bits per heavy atom. The molecule has 182 valence electrons. The summed E-state index contributed by atoms with van der Waals surface area (Å²) in [4.78, 5) is 20.4. The van der Waals surface area contributed by atoms with Crippen LogP contribution in [-0.2, 0) is 7.05 Å². The van der Waals surface area contributed by atoms with Gasteiger partial charge in [-0.15, -0.1) is 37.2 Å². The zero-order chi connectivity index (χ0) is 21.6. The fourth-order valence-electron chi connectivity index (χ4n) is 4.06. The van der Waals surface area contributed by atoms with Crippen molar-refractivity contribution in [3.63, 3.8) is 0 Å². The second kappa shape index (κ2) is 14.0. The second-order valence-electron chi connectivity index (χ2n) is 7.81. The Hall–Kier alpha value is -2.60. The summed E-state index contributed by atoms with van der Waals surface area (Å²) in [5.74, 6) is 1.14. The molecule has 0 N–H and O–H groups in total. The number of hydrogen-bond acceptors (Lipinski definition) is 4. The van der Waals surface area contributed by atoms with Crippen LogP contribution in [0.1, 0.15) is 42.0 Å². The summed E-state index contributed by atoms with van der Waals surface area (Å²) in [7, 11) is 1.79. The lowest BCUT2D eigenvalue weighted by Gasteiger charge is -2.19. The van der Waals surface area contributed by atoms with Crippen LogP contribution in [0.4, 0.5) is 0 Å². The van der Waals surface area contributed by atoms with Crippen molar-refractivity contribution in [1.82, 2.24) is 14.5 Å². The third-order valence-electron chi connectivity index (χ3n) is 5.78. The van der Waals surface area contributed by atoms with Gasteiger partial charge in [0.05, 0.1) is 12.1 Å². The van der Waals surface area contributed by atoms with Gasteiger partial charge in [-0.3, -0.25) is 14.8 Å². The van der Waals surface area contributed by atoms with Gasteiger partial charge < -0.3 is 9.30 Å². The minimum atomic E-state index is -0.00577. The normalized spacial score (nSPS) is 11.0. The predicted molar refractivity (Wildman–Crippen MR) is 145 cm³/mol. The van der Waals surface area contributed by atoms with E-state index in [0.717, 1.165) is 41.6 Å². The third-order valence-corrected chi connectivity index (χ3v) is 5.78. The smallest absolute Gasteiger partial charge is 0.250 e. The van der Waals surface area contributed by atoms with Gasteiger partial charge in [0.15, 0.2) is 0 Å². The van der Waals surface area contributed by atoms with E-state index in [0.29, 0.717) is 12.5 Å². The number of halogens is 3. The number of fused-ring (bicyclic) bond motifs is 1. The maximum absolute atomic E-state index is 11.8. The maximum Gasteiger partial charge on any atom is 0.250 e. The van der Waals surface area contributed by atoms with Crippen molar-refractivity contribution in [3.05, 3.63) is 100 Å². The van der Waals surface area contributed by atoms with Crippen LogP contribution < -0.4 is 10.3 Å². The highest BCUT2D eigenvalue weighted by Crippen LogP contribution is 2.31. The first kappa shape index (κ1) is 29.4. The van der Waals surface area contributed by atoms with Crippen molar-refractivity contribution in [2.45, 2.75) is 32.1 Å². The molecule has 1 atom stereocenters. The number of rotatable bonds is 8. The van der Waals surface area contributed by atoms with Gasteiger partial charge in [-0.1, -0.05) is 6.07 Å². The van der Waals surface area contributed by atoms with Gasteiger partial charge in [-0.2, -0.15) is 0 Å². The molecule has 1 aromatic carbocycles. The average molecular weight is 523 g/mol. The van der Waals surface area contributed by atoms with Gasteiger partial charge in [-0.25, -0.2) is 0 Å². The molecule has 0 aliphatic heterocycles. The van der Waals surface area contributed by atoms with Crippen LogP contribution in [0.15, 0.2) is 78.0 Å². The topological polar surface area (TPSA) is 57.0 Å². The number of hydrogen-bond donors (Lipinski definition) is 0. The van der Waals surface area contributed by atoms with E-state index in [1.165, 1.54) is 11.1 Å². The summed E-state index contributed by atoms with van der Waals surface area (Å²) in [6.07, 6.45) is 8.59. The summed E-state index contributed by atoms with van der Waals surface area (Å²) < 4.78 is 7.64. The quantitative estimate of drug-likeness (QED) is 0.255. The SMILES string of the molecule is Cc1ncccc1C(CCCCOc1ccc2c(ccc(=O)n2C)c1)c1ccncc1.Cl.Cl.Cl. The fraction of sp³-hybridized carbons (Fsp3) is 0.269. The van der Waals surface area contributed by atoms with Crippen molar-refractivity contribution in [3.8, 4) is 5.75 Å². The zero-order valence-corrected chi connectivity index (χ0v) is 21.7. The van der Waals surface area contributed by atoms with Crippen molar-refractivity contribution in [2.75, 3.05) is 6.61 Å². The van der Waals surface area contributed by atoms with E-state index in [1.807, 2.05) is 48.9 Å². The standard InChI is InChI=1S/C26H27N3O2.3ClH/c1-19-23(7-5-14-28-19)24(20-12-15-27-16-13-20)6-3-4-17-31-22-9-10-25-21(18-22)8-11-26(30)29(25)2;;;/h5,7-16,18,24H,3-4,6,17H2,1-2H3;3*1H. The maximum atomic E-state index is 11.8. The van der Waals surface area contributed by atoms with Gasteiger partial charge in [0.25, 0.3) is 5.56 Å². The van der Waals surface area contributed by atoms with Gasteiger partial charge in [0.2, 0.25) is 0 Å². The van der Waals surface area contributed by atoms with E-state index < -0.39 is 0 Å². The molecule has 3 aromatic heterocycles. The first-order chi connectivity index (χ1) is 15.1. The molecular formula is C26H30Cl3N3O2. The summed E-state index contributed by atoms with van der Waals surface area (Å²) in [5.41, 5.74) is 4.52. The van der Waals surface area contributed by atoms with E-state index in [9.17, 15) is 4.79 Å². The molecule has 0 saturated carbocycles. The Labute approximate surface area is 218 Å². The molecule has 4 rings (SSSR count). The van der Waals surface area contributed by atoms with Crippen molar-refractivity contribution in [2.24, 2.45) is 7.05 Å². The molecule has 0 saturated heterocycles. The van der Waals surface area contributed by atoms with Gasteiger partial charge >= 0.3 is 0 Å². The van der Waals surface area contributed by atoms with Crippen LogP contribution in [0.3, 0.4) is 0 Å². The number of pyridine rings is 3. The molecule has 0 aliphatic carbocycles. The fourth-order valence-corrected chi connectivity index (χ4v) is 4.06. The molecule has 0 fully saturated rings. The van der Waals surface area contributed by atoms with E-state index in [2.05, 4.69) is 35.1 Å². The van der Waals surface area contributed by atoms with E-state index >= 15 is 0 Å². The Morgan fingerprint density at radius 3 is 2.44 bits per heavy atom. The Balaban J connectivity index is 0.00000193. The highest BCUT2D eigenvalue weighted by Gasteiger charge is 2.16. The lowest BCUT2D eigenvalue weighted by Crippen LogP contribution is -2.14. The molecule has 3 heterocycles. The molecule has 8 heteroatoms. The average Bonchev–Trinajstić information content (AvgIpc) is 2.80. The first-order valence-electron chi connectivity index (χ1n) is 10.7. The monoisotopic (exact) mass is 521 g/mol. The van der Waals surface area contributed by atoms with E-state index in [4.69, 9.17) is 4.74 Å². The Bertz CT molecular complexity index is 1230. The summed E-state index contributed by atoms with van der Waals surface area (Å²) in [6.45, 7) is 2.73. The molecular weight excluding hydrogens is 493 g/mol. The largest absolute Gasteiger partial charge is 0.494 e. The molecule has 5 nitrogen and oxygen atoms in total. The van der Waals surface area contributed by atoms with Crippen LogP contribution in [0.2, 0.25) is 0 Å². The second-order valence-corrected chi connectivity index (χ2v) is 7.81. The molecule has 34 heavy (non-hydrogen) atoms. The molecule has 4 aromatic rings. The molecule has 0 bridgehead atoms. The Morgan fingerprint density at radius 1 is 0.941 bits per heavy atom. The lowest BCUT2D eigenvalue weighted by atomic mass is 9.87. The number of aromatic nitrogens is 3. The predicted octanol–water partition coefficient (Wildman–Crippen LogP) is 6.28. The Kier molecular flexibility index (Phi) is 12.1. The number of unbranched alkanes of at least 4 members (excludes halogenated alkanes) is 1. The van der Waals surface area contributed by atoms with Crippen molar-refractivity contribution >= 4 is 48.1 Å². The van der Waals surface area contributed by atoms with E-state index in [-0.39, 0.29) is 42.8 Å². The summed E-state index contributed by atoms with van der Waals surface area (Å²) in [5, 5.41) is 1.00. The number of aryl methyl sites for hydroxylation is 2. The van der Waals surface area contributed by atoms with Crippen LogP contribution in [0.25, 0.3) is 10.9 Å². The van der Waals surface area contributed by atoms with E-state index in [1.54, 1.807) is 17.7 Å². The number of nitrogens with zero attached hydrogens (tertiary/aromatic N) is 3. The van der Waals surface area contributed by atoms with Crippen LogP contribution in [0.5, 0.6) is 5.75 Å². The first-order valence-corrected chi connectivity index (χ1v) is 10.7. The molecule has 0 spiro atoms. The van der Waals surface area contributed by atoms with Crippen LogP contribution in [-0.4, -0.2) is 21.1 Å². The van der Waals surface area contributed by atoms with Crippen LogP contribution >= 0.6 is 37.2 Å². The number of ether oxygens (including phenoxy) is 1. The summed E-state index contributed by atoms with van der Waals surface area (Å²) >= 11 is 0. The van der Waals surface area contributed by atoms with Crippen LogP contribution in [0, 0.1) is 6.92 Å². The minimum Gasteiger partial charge on any atom is -0.494 e. The number of benzene rings is 1. The van der Waals surface area contributed by atoms with Gasteiger partial charge in [-0.05, 0) is 79.8 Å². The molecule has 1 unspecified atom stereocenters. The van der Waals surface area contributed by atoms with Gasteiger partial charge in [0.1, 0.15) is 5.75 Å². The third kappa shape index (κ3) is 6.95. The molecule has 0 amide bonds.